The Balaban J connectivity index is 1.24. The van der Waals surface area contributed by atoms with Gasteiger partial charge in [-0.15, -0.1) is 0 Å². The molecular weight excluding hydrogens is 495 g/mol. The monoisotopic (exact) mass is 534 g/mol. The number of hydrogen-bond acceptors (Lipinski definition) is 9. The van der Waals surface area contributed by atoms with Crippen molar-refractivity contribution in [1.82, 2.24) is 20.5 Å². The highest BCUT2D eigenvalue weighted by molar-refractivity contribution is 5.80. The van der Waals surface area contributed by atoms with E-state index in [1.807, 2.05) is 0 Å². The number of carbonyl (C=O) groups excluding carboxylic acids is 2. The zero-order valence-corrected chi connectivity index (χ0v) is 22.0. The fourth-order valence-electron chi connectivity index (χ4n) is 6.01. The second-order valence-electron chi connectivity index (χ2n) is 11.3. The average Bonchev–Trinajstić information content (AvgIpc) is 3.37. The van der Waals surface area contributed by atoms with E-state index in [0.717, 1.165) is 56.4 Å². The lowest BCUT2D eigenvalue weighted by Gasteiger charge is -2.30. The minimum absolute atomic E-state index is 0.0671. The van der Waals surface area contributed by atoms with Gasteiger partial charge in [-0.2, -0.15) is 4.39 Å². The molecule has 210 valence electrons. The third kappa shape index (κ3) is 6.18. The van der Waals surface area contributed by atoms with Gasteiger partial charge in [-0.3, -0.25) is 20.4 Å². The van der Waals surface area contributed by atoms with Crippen LogP contribution in [0.4, 0.5) is 16.0 Å². The summed E-state index contributed by atoms with van der Waals surface area (Å²) in [6, 6.07) is 0. The van der Waals surface area contributed by atoms with Gasteiger partial charge in [0.1, 0.15) is 5.82 Å². The zero-order chi connectivity index (χ0) is 26.7. The molecule has 1 spiro atoms. The van der Waals surface area contributed by atoms with Gasteiger partial charge in [-0.25, -0.2) is 19.9 Å². The molecule has 0 radical (unpaired) electrons. The molecule has 4 fully saturated rings. The van der Waals surface area contributed by atoms with Crippen LogP contribution < -0.4 is 15.8 Å². The number of aliphatic hydroxyl groups excluding tert-OH is 1. The number of aliphatic hydroxyl groups is 1. The van der Waals surface area contributed by atoms with Crippen molar-refractivity contribution in [2.45, 2.75) is 83.5 Å². The number of halogens is 1. The summed E-state index contributed by atoms with van der Waals surface area (Å²) in [5.41, 5.74) is 5.11. The zero-order valence-electron chi connectivity index (χ0n) is 22.0. The number of aromatic nitrogens is 2. The van der Waals surface area contributed by atoms with Crippen molar-refractivity contribution < 1.29 is 28.7 Å². The smallest absolute Gasteiger partial charge is 0.243 e. The van der Waals surface area contributed by atoms with Gasteiger partial charge in [0.15, 0.2) is 17.9 Å². The second-order valence-corrected chi connectivity index (χ2v) is 11.3. The Bertz CT molecular complexity index is 999. The van der Waals surface area contributed by atoms with Crippen molar-refractivity contribution in [3.8, 4) is 0 Å². The first-order valence-corrected chi connectivity index (χ1v) is 13.9. The van der Waals surface area contributed by atoms with E-state index in [1.165, 1.54) is 0 Å². The van der Waals surface area contributed by atoms with Gasteiger partial charge in [-0.1, -0.05) is 25.7 Å². The van der Waals surface area contributed by atoms with E-state index in [0.29, 0.717) is 50.7 Å². The summed E-state index contributed by atoms with van der Waals surface area (Å²) >= 11 is 0. The van der Waals surface area contributed by atoms with Crippen LogP contribution in [-0.4, -0.2) is 71.1 Å². The number of ether oxygens (including phenoxy) is 1. The number of anilines is 2. The Labute approximate surface area is 222 Å². The van der Waals surface area contributed by atoms with Crippen molar-refractivity contribution in [3.63, 3.8) is 0 Å². The normalized spacial score (nSPS) is 25.4. The van der Waals surface area contributed by atoms with E-state index in [1.54, 1.807) is 11.8 Å². The first kappa shape index (κ1) is 27.0. The van der Waals surface area contributed by atoms with Crippen LogP contribution in [0.15, 0.2) is 0 Å². The lowest BCUT2D eigenvalue weighted by atomic mass is 9.92. The first-order valence-electron chi connectivity index (χ1n) is 13.9. The lowest BCUT2D eigenvalue weighted by molar-refractivity contribution is -0.276. The molecular formula is C26H39FN6O5. The van der Waals surface area contributed by atoms with Crippen molar-refractivity contribution in [2.75, 3.05) is 36.6 Å². The minimum atomic E-state index is -0.680. The third-order valence-corrected chi connectivity index (χ3v) is 8.42. The van der Waals surface area contributed by atoms with E-state index >= 15 is 4.39 Å². The van der Waals surface area contributed by atoms with Crippen LogP contribution in [0.5, 0.6) is 0 Å². The van der Waals surface area contributed by atoms with E-state index in [-0.39, 0.29) is 29.5 Å². The summed E-state index contributed by atoms with van der Waals surface area (Å²) < 4.78 is 21.0. The van der Waals surface area contributed by atoms with Crippen LogP contribution in [0, 0.1) is 30.0 Å². The fourth-order valence-corrected chi connectivity index (χ4v) is 6.01. The molecule has 1 aromatic heterocycles. The number of hydroxylamine groups is 2. The number of β-amino-alcohol motifs (C(OH)–C–C–N with tert-alkyl or cyclic N) is 1. The van der Waals surface area contributed by atoms with Crippen molar-refractivity contribution in [1.29, 1.82) is 0 Å². The maximum atomic E-state index is 15.5. The number of carbonyl (C=O) groups is 2. The number of amides is 2. The van der Waals surface area contributed by atoms with Crippen molar-refractivity contribution in [2.24, 2.45) is 17.3 Å². The SMILES string of the molecule is Cc1nc(NNC(=O)[C@@H](CC2CCCC2)CN(C=O)OC2CCCCO2)c(F)c(N2CC(O)C3(CC3)C2)n1. The molecule has 2 aliphatic carbocycles. The highest BCUT2D eigenvalue weighted by Gasteiger charge is 2.55. The Kier molecular flexibility index (Phi) is 8.29. The number of rotatable bonds is 11. The molecule has 5 rings (SSSR count). The van der Waals surface area contributed by atoms with Gasteiger partial charge >= 0.3 is 0 Å². The van der Waals surface area contributed by atoms with Crippen LogP contribution >= 0.6 is 0 Å². The standard InChI is InChI=1S/C26H39FN6O5/c1-17-28-23(22(27)24(29-17)32-14-20(35)26(15-32)9-10-26)30-31-25(36)19(12-18-6-2-3-7-18)13-33(16-34)38-21-8-4-5-11-37-21/h16,18-21,35H,2-15H2,1H3,(H,31,36)(H,28,29,30)/t19-,20?,21?/m0/s1. The largest absolute Gasteiger partial charge is 0.391 e. The number of hydrogen-bond donors (Lipinski definition) is 3. The summed E-state index contributed by atoms with van der Waals surface area (Å²) in [7, 11) is 0. The molecule has 3 N–H and O–H groups in total. The van der Waals surface area contributed by atoms with E-state index in [2.05, 4.69) is 20.8 Å². The van der Waals surface area contributed by atoms with Crippen LogP contribution in [0.2, 0.25) is 0 Å². The predicted octanol–water partition coefficient (Wildman–Crippen LogP) is 2.44. The molecule has 0 bridgehead atoms. The predicted molar refractivity (Wildman–Crippen MR) is 136 cm³/mol. The summed E-state index contributed by atoms with van der Waals surface area (Å²) in [6.45, 7) is 3.16. The molecule has 4 aliphatic rings. The number of nitrogens with zero attached hydrogens (tertiary/aromatic N) is 4. The molecule has 2 unspecified atom stereocenters. The maximum Gasteiger partial charge on any atom is 0.243 e. The molecule has 1 aromatic rings. The summed E-state index contributed by atoms with van der Waals surface area (Å²) in [6.07, 6.45) is 8.95. The van der Waals surface area contributed by atoms with E-state index < -0.39 is 24.1 Å². The highest BCUT2D eigenvalue weighted by atomic mass is 19.1. The lowest BCUT2D eigenvalue weighted by Crippen LogP contribution is -2.43. The number of hydrazine groups is 1. The van der Waals surface area contributed by atoms with Crippen LogP contribution in [0.25, 0.3) is 0 Å². The highest BCUT2D eigenvalue weighted by Crippen LogP contribution is 2.53. The van der Waals surface area contributed by atoms with Crippen LogP contribution in [0.1, 0.15) is 70.0 Å². The molecule has 3 atom stereocenters. The van der Waals surface area contributed by atoms with E-state index in [9.17, 15) is 14.7 Å². The summed E-state index contributed by atoms with van der Waals surface area (Å²) in [5, 5.41) is 11.6. The van der Waals surface area contributed by atoms with Gasteiger partial charge in [0.25, 0.3) is 0 Å². The molecule has 2 aliphatic heterocycles. The van der Waals surface area contributed by atoms with Gasteiger partial charge in [0, 0.05) is 31.5 Å². The Morgan fingerprint density at radius 1 is 1.29 bits per heavy atom. The molecule has 0 aromatic carbocycles. The Morgan fingerprint density at radius 2 is 2.05 bits per heavy atom. The van der Waals surface area contributed by atoms with Gasteiger partial charge in [0.2, 0.25) is 18.1 Å². The minimum Gasteiger partial charge on any atom is -0.391 e. The molecule has 2 saturated heterocycles. The van der Waals surface area contributed by atoms with Gasteiger partial charge in [-0.05, 0) is 44.9 Å². The van der Waals surface area contributed by atoms with Gasteiger partial charge < -0.3 is 14.7 Å². The molecule has 2 amide bonds. The summed E-state index contributed by atoms with van der Waals surface area (Å²) in [5.74, 6) is -0.902. The molecule has 3 heterocycles. The molecule has 12 heteroatoms. The third-order valence-electron chi connectivity index (χ3n) is 8.42. The first-order chi connectivity index (χ1) is 18.4. The number of nitrogens with one attached hydrogen (secondary N) is 2. The van der Waals surface area contributed by atoms with E-state index in [4.69, 9.17) is 9.57 Å². The van der Waals surface area contributed by atoms with Crippen molar-refractivity contribution in [3.05, 3.63) is 11.6 Å². The molecule has 11 nitrogen and oxygen atoms in total. The molecule has 38 heavy (non-hydrogen) atoms. The molecule has 2 saturated carbocycles. The Hall–Kier alpha value is -2.57. The van der Waals surface area contributed by atoms with Crippen LogP contribution in [0.3, 0.4) is 0 Å². The quantitative estimate of drug-likeness (QED) is 0.290. The number of aryl methyl sites for hydroxylation is 1. The second kappa shape index (κ2) is 11.7. The average molecular weight is 535 g/mol. The van der Waals surface area contributed by atoms with Crippen molar-refractivity contribution >= 4 is 24.0 Å². The van der Waals surface area contributed by atoms with Gasteiger partial charge in [0.05, 0.1) is 18.6 Å². The topological polar surface area (TPSA) is 129 Å². The maximum absolute atomic E-state index is 15.5. The van der Waals surface area contributed by atoms with Crippen LogP contribution in [-0.2, 0) is 19.2 Å². The fraction of sp³-hybridized carbons (Fsp3) is 0.769. The Morgan fingerprint density at radius 3 is 2.71 bits per heavy atom. The summed E-state index contributed by atoms with van der Waals surface area (Å²) in [4.78, 5) is 41.0.